The number of carbonyl (C=O) groups excluding carboxylic acids is 1. The van der Waals surface area contributed by atoms with E-state index in [0.717, 1.165) is 48.6 Å². The summed E-state index contributed by atoms with van der Waals surface area (Å²) < 4.78 is 22.6. The molecule has 0 aliphatic carbocycles. The molecule has 1 saturated heterocycles. The van der Waals surface area contributed by atoms with Gasteiger partial charge in [-0.25, -0.2) is 13.6 Å². The second-order valence-corrected chi connectivity index (χ2v) is 8.67. The Morgan fingerprint density at radius 3 is 2.52 bits per heavy atom. The summed E-state index contributed by atoms with van der Waals surface area (Å²) in [5.41, 5.74) is 0.261. The fraction of sp³-hybridized carbons (Fsp3) is 0.643. The van der Waals surface area contributed by atoms with Crippen LogP contribution < -0.4 is 5.14 Å². The summed E-state index contributed by atoms with van der Waals surface area (Å²) in [6, 6.07) is 3.14. The Labute approximate surface area is 130 Å². The maximum Gasteiger partial charge on any atom is 0.247 e. The molecule has 0 unspecified atom stereocenters. The van der Waals surface area contributed by atoms with Crippen molar-refractivity contribution in [2.24, 2.45) is 10.6 Å². The van der Waals surface area contributed by atoms with Gasteiger partial charge in [0.15, 0.2) is 0 Å². The van der Waals surface area contributed by atoms with Gasteiger partial charge in [0.1, 0.15) is 4.21 Å². The molecule has 0 atom stereocenters. The van der Waals surface area contributed by atoms with Crippen LogP contribution in [0.5, 0.6) is 0 Å². The van der Waals surface area contributed by atoms with Crippen LogP contribution in [-0.4, -0.2) is 32.3 Å². The van der Waals surface area contributed by atoms with E-state index in [1.165, 1.54) is 6.07 Å². The lowest BCUT2D eigenvalue weighted by Gasteiger charge is -2.26. The summed E-state index contributed by atoms with van der Waals surface area (Å²) in [5, 5.41) is 5.08. The number of thiophene rings is 1. The monoisotopic (exact) mass is 330 g/mol. The predicted molar refractivity (Wildman–Crippen MR) is 83.6 cm³/mol. The number of nitrogens with zero attached hydrogens (tertiary/aromatic N) is 1. The molecule has 2 N–H and O–H groups in total. The Balaban J connectivity index is 2.01. The van der Waals surface area contributed by atoms with Crippen molar-refractivity contribution < 1.29 is 13.2 Å². The summed E-state index contributed by atoms with van der Waals surface area (Å²) in [7, 11) is -3.67. The van der Waals surface area contributed by atoms with Crippen LogP contribution in [-0.2, 0) is 21.2 Å². The highest BCUT2D eigenvalue weighted by Gasteiger charge is 2.36. The van der Waals surface area contributed by atoms with Crippen LogP contribution in [0.25, 0.3) is 0 Å². The molecule has 5 nitrogen and oxygen atoms in total. The highest BCUT2D eigenvalue weighted by molar-refractivity contribution is 7.91. The molecule has 1 amide bonds. The molecular weight excluding hydrogens is 308 g/mol. The molecule has 1 aliphatic rings. The molecule has 21 heavy (non-hydrogen) atoms. The zero-order valence-electron chi connectivity index (χ0n) is 12.5. The number of primary sulfonamides is 1. The summed E-state index contributed by atoms with van der Waals surface area (Å²) in [6.45, 7) is 5.96. The first-order valence-electron chi connectivity index (χ1n) is 7.19. The first-order valence-corrected chi connectivity index (χ1v) is 9.55. The molecule has 1 fully saturated rings. The minimum absolute atomic E-state index is 0.0709. The van der Waals surface area contributed by atoms with Crippen molar-refractivity contribution >= 4 is 27.3 Å². The van der Waals surface area contributed by atoms with E-state index in [1.807, 2.05) is 4.90 Å². The Bertz CT molecular complexity index is 618. The predicted octanol–water partition coefficient (Wildman–Crippen LogP) is 1.98. The van der Waals surface area contributed by atoms with Gasteiger partial charge < -0.3 is 4.90 Å². The maximum atomic E-state index is 12.3. The van der Waals surface area contributed by atoms with E-state index in [9.17, 15) is 13.2 Å². The van der Waals surface area contributed by atoms with Gasteiger partial charge >= 0.3 is 0 Å². The van der Waals surface area contributed by atoms with E-state index in [4.69, 9.17) is 5.14 Å². The highest BCUT2D eigenvalue weighted by atomic mass is 32.2. The number of likely N-dealkylation sites (tertiary alicyclic amines) is 1. The maximum absolute atomic E-state index is 12.3. The third kappa shape index (κ3) is 3.64. The number of hydrogen-bond donors (Lipinski definition) is 1. The van der Waals surface area contributed by atoms with Crippen LogP contribution in [0.1, 0.15) is 38.0 Å². The first-order chi connectivity index (χ1) is 9.79. The second-order valence-electron chi connectivity index (χ2n) is 5.71. The van der Waals surface area contributed by atoms with E-state index in [0.29, 0.717) is 0 Å². The number of hydrogen-bond acceptors (Lipinski definition) is 4. The molecule has 7 heteroatoms. The van der Waals surface area contributed by atoms with Gasteiger partial charge in [-0.3, -0.25) is 4.79 Å². The molecule has 0 aromatic carbocycles. The third-order valence-corrected chi connectivity index (χ3v) is 7.06. The van der Waals surface area contributed by atoms with Crippen LogP contribution in [0.15, 0.2) is 16.3 Å². The number of nitrogens with two attached hydrogens (primary N) is 1. The summed E-state index contributed by atoms with van der Waals surface area (Å²) in [4.78, 5) is 15.0. The molecule has 0 bridgehead atoms. The van der Waals surface area contributed by atoms with Gasteiger partial charge in [0.25, 0.3) is 0 Å². The zero-order valence-corrected chi connectivity index (χ0v) is 14.1. The largest absolute Gasteiger partial charge is 0.342 e. The minimum Gasteiger partial charge on any atom is -0.342 e. The van der Waals surface area contributed by atoms with Gasteiger partial charge in [-0.05, 0) is 36.8 Å². The lowest BCUT2D eigenvalue weighted by molar-refractivity contribution is -0.129. The fourth-order valence-electron chi connectivity index (χ4n) is 2.84. The van der Waals surface area contributed by atoms with Gasteiger partial charge in [0.2, 0.25) is 15.9 Å². The third-order valence-electron chi connectivity index (χ3n) is 4.53. The molecule has 1 aliphatic heterocycles. The molecule has 1 aromatic rings. The van der Waals surface area contributed by atoms with Crippen molar-refractivity contribution in [3.8, 4) is 0 Å². The second kappa shape index (κ2) is 6.06. The molecule has 0 spiro atoms. The number of amides is 1. The molecule has 118 valence electrons. The first kappa shape index (κ1) is 16.5. The number of rotatable bonds is 5. The summed E-state index contributed by atoms with van der Waals surface area (Å²) >= 11 is 1.08. The average molecular weight is 330 g/mol. The SMILES string of the molecule is CCC1(CC)CCN(C(=O)Cc2ccc(S(N)(=O)=O)s2)C1. The number of carbonyl (C=O) groups is 1. The molecule has 2 rings (SSSR count). The van der Waals surface area contributed by atoms with Crippen LogP contribution in [0.3, 0.4) is 0 Å². The van der Waals surface area contributed by atoms with E-state index < -0.39 is 10.0 Å². The van der Waals surface area contributed by atoms with E-state index in [-0.39, 0.29) is 22.0 Å². The molecule has 0 radical (unpaired) electrons. The van der Waals surface area contributed by atoms with Gasteiger partial charge in [-0.2, -0.15) is 0 Å². The lowest BCUT2D eigenvalue weighted by Crippen LogP contribution is -2.32. The quantitative estimate of drug-likeness (QED) is 0.896. The van der Waals surface area contributed by atoms with Crippen molar-refractivity contribution in [2.75, 3.05) is 13.1 Å². The normalized spacial score (nSPS) is 18.1. The van der Waals surface area contributed by atoms with Crippen LogP contribution in [0.2, 0.25) is 0 Å². The van der Waals surface area contributed by atoms with Crippen LogP contribution >= 0.6 is 11.3 Å². The van der Waals surface area contributed by atoms with Crippen LogP contribution in [0, 0.1) is 5.41 Å². The van der Waals surface area contributed by atoms with Crippen molar-refractivity contribution in [1.29, 1.82) is 0 Å². The van der Waals surface area contributed by atoms with Crippen molar-refractivity contribution in [2.45, 2.75) is 43.7 Å². The minimum atomic E-state index is -3.67. The van der Waals surface area contributed by atoms with E-state index in [1.54, 1.807) is 6.07 Å². The van der Waals surface area contributed by atoms with Gasteiger partial charge in [-0.15, -0.1) is 11.3 Å². The van der Waals surface area contributed by atoms with Gasteiger partial charge in [-0.1, -0.05) is 13.8 Å². The van der Waals surface area contributed by atoms with Crippen molar-refractivity contribution in [3.05, 3.63) is 17.0 Å². The molecule has 0 saturated carbocycles. The number of sulfonamides is 1. The van der Waals surface area contributed by atoms with Gasteiger partial charge in [0, 0.05) is 18.0 Å². The average Bonchev–Trinajstić information content (AvgIpc) is 3.05. The topological polar surface area (TPSA) is 80.5 Å². The Hall–Kier alpha value is -0.920. The smallest absolute Gasteiger partial charge is 0.247 e. The Morgan fingerprint density at radius 1 is 1.38 bits per heavy atom. The summed E-state index contributed by atoms with van der Waals surface area (Å²) in [6.07, 6.45) is 3.48. The van der Waals surface area contributed by atoms with Crippen molar-refractivity contribution in [1.82, 2.24) is 4.90 Å². The summed E-state index contributed by atoms with van der Waals surface area (Å²) in [5.74, 6) is 0.0709. The Kier molecular flexibility index (Phi) is 4.75. The molecule has 1 aromatic heterocycles. The fourth-order valence-corrected chi connectivity index (χ4v) is 4.61. The molecule has 2 heterocycles. The molecular formula is C14H22N2O3S2. The Morgan fingerprint density at radius 2 is 2.05 bits per heavy atom. The lowest BCUT2D eigenvalue weighted by atomic mass is 9.82. The van der Waals surface area contributed by atoms with Gasteiger partial charge in [0.05, 0.1) is 6.42 Å². The standard InChI is InChI=1S/C14H22N2O3S2/c1-3-14(4-2)7-8-16(10-14)12(17)9-11-5-6-13(20-11)21(15,18)19/h5-6H,3-4,7-10H2,1-2H3,(H2,15,18,19). The highest BCUT2D eigenvalue weighted by Crippen LogP contribution is 2.37. The van der Waals surface area contributed by atoms with E-state index >= 15 is 0 Å². The van der Waals surface area contributed by atoms with Crippen LogP contribution in [0.4, 0.5) is 0 Å². The van der Waals surface area contributed by atoms with E-state index in [2.05, 4.69) is 13.8 Å². The van der Waals surface area contributed by atoms with Crippen molar-refractivity contribution in [3.63, 3.8) is 0 Å². The zero-order chi connectivity index (χ0) is 15.7.